The fourth-order valence-corrected chi connectivity index (χ4v) is 2.11. The highest BCUT2D eigenvalue weighted by Gasteiger charge is 2.27. The molecule has 1 aliphatic heterocycles. The van der Waals surface area contributed by atoms with E-state index in [-0.39, 0.29) is 5.54 Å². The molecular weight excluding hydrogens is 194 g/mol. The van der Waals surface area contributed by atoms with Gasteiger partial charge in [-0.3, -0.25) is 0 Å². The summed E-state index contributed by atoms with van der Waals surface area (Å²) >= 11 is 0. The van der Waals surface area contributed by atoms with Crippen molar-refractivity contribution in [3.8, 4) is 0 Å². The molecule has 0 fully saturated rings. The molecular formula is C15H23N. The van der Waals surface area contributed by atoms with E-state index in [4.69, 9.17) is 0 Å². The number of likely N-dealkylation sites (N-methyl/N-ethyl adjacent to an activating group) is 1. The maximum atomic E-state index is 2.33. The first-order valence-corrected chi connectivity index (χ1v) is 6.05. The minimum absolute atomic E-state index is 0.123. The van der Waals surface area contributed by atoms with E-state index in [1.807, 2.05) is 13.8 Å². The van der Waals surface area contributed by atoms with Crippen molar-refractivity contribution in [2.75, 3.05) is 11.9 Å². The smallest absolute Gasteiger partial charge is 0.0531 e. The fraction of sp³-hybridized carbons (Fsp3) is 0.467. The van der Waals surface area contributed by atoms with Crippen LogP contribution in [-0.4, -0.2) is 12.6 Å². The second kappa shape index (κ2) is 4.73. The first-order chi connectivity index (χ1) is 7.52. The summed E-state index contributed by atoms with van der Waals surface area (Å²) in [5, 5.41) is 0. The lowest BCUT2D eigenvalue weighted by Gasteiger charge is -2.40. The zero-order valence-corrected chi connectivity index (χ0v) is 11.3. The van der Waals surface area contributed by atoms with Crippen LogP contribution in [0.1, 0.15) is 40.2 Å². The zero-order chi connectivity index (χ0) is 12.3. The van der Waals surface area contributed by atoms with E-state index in [0.717, 1.165) is 0 Å². The molecule has 0 saturated heterocycles. The van der Waals surface area contributed by atoms with Crippen LogP contribution in [0.15, 0.2) is 30.3 Å². The number of hydrogen-bond acceptors (Lipinski definition) is 1. The molecule has 0 radical (unpaired) electrons. The Bertz CT molecular complexity index is 388. The molecule has 0 N–H and O–H groups in total. The molecule has 88 valence electrons. The number of benzene rings is 1. The van der Waals surface area contributed by atoms with Gasteiger partial charge in [-0.1, -0.05) is 38.1 Å². The number of rotatable bonds is 0. The van der Waals surface area contributed by atoms with Gasteiger partial charge in [-0.15, -0.1) is 0 Å². The number of hydrogen-bond donors (Lipinski definition) is 0. The molecule has 1 aromatic rings. The minimum atomic E-state index is 0.123. The molecule has 1 nitrogen and oxygen atoms in total. The molecule has 0 atom stereocenters. The molecule has 0 saturated carbocycles. The van der Waals surface area contributed by atoms with Crippen molar-refractivity contribution < 1.29 is 0 Å². The van der Waals surface area contributed by atoms with Crippen molar-refractivity contribution in [1.29, 1.82) is 0 Å². The van der Waals surface area contributed by atoms with Crippen molar-refractivity contribution in [1.82, 2.24) is 0 Å². The molecule has 16 heavy (non-hydrogen) atoms. The lowest BCUT2D eigenvalue weighted by Crippen LogP contribution is -2.41. The van der Waals surface area contributed by atoms with E-state index >= 15 is 0 Å². The van der Waals surface area contributed by atoms with Crippen LogP contribution in [0.4, 0.5) is 5.69 Å². The van der Waals surface area contributed by atoms with Crippen molar-refractivity contribution in [2.45, 2.75) is 40.2 Å². The molecule has 0 bridgehead atoms. The minimum Gasteiger partial charge on any atom is -0.366 e. The van der Waals surface area contributed by atoms with Crippen molar-refractivity contribution >= 4 is 11.3 Å². The highest BCUT2D eigenvalue weighted by Crippen LogP contribution is 2.37. The first kappa shape index (κ1) is 12.8. The molecule has 1 heterocycles. The normalized spacial score (nSPS) is 16.9. The summed E-state index contributed by atoms with van der Waals surface area (Å²) in [5.41, 5.74) is 4.19. The van der Waals surface area contributed by atoms with Gasteiger partial charge in [0.2, 0.25) is 0 Å². The highest BCUT2D eigenvalue weighted by molar-refractivity contribution is 5.80. The Hall–Kier alpha value is -1.24. The van der Waals surface area contributed by atoms with E-state index < -0.39 is 0 Å². The highest BCUT2D eigenvalue weighted by atomic mass is 15.2. The first-order valence-electron chi connectivity index (χ1n) is 6.05. The summed E-state index contributed by atoms with van der Waals surface area (Å²) in [6, 6.07) is 8.58. The maximum absolute atomic E-state index is 2.33. The number of para-hydroxylation sites is 1. The standard InChI is InChI=1S/C13H17N.C2H6/c1-10-9-13(2,3)14(4)12-8-6-5-7-11(10)12;1-2/h5-9H,1-4H3;1-2H3. The van der Waals surface area contributed by atoms with Gasteiger partial charge in [0, 0.05) is 18.3 Å². The predicted octanol–water partition coefficient (Wildman–Crippen LogP) is 4.34. The second-order valence-electron chi connectivity index (χ2n) is 4.56. The maximum Gasteiger partial charge on any atom is 0.0531 e. The second-order valence-corrected chi connectivity index (χ2v) is 4.56. The molecule has 2 rings (SSSR count). The SMILES string of the molecule is CC.CC1=CC(C)(C)N(C)c2ccccc21. The summed E-state index contributed by atoms with van der Waals surface area (Å²) in [7, 11) is 2.15. The average Bonchev–Trinajstić information content (AvgIpc) is 2.29. The topological polar surface area (TPSA) is 3.24 Å². The third-order valence-corrected chi connectivity index (χ3v) is 3.12. The van der Waals surface area contributed by atoms with Crippen LogP contribution < -0.4 is 4.90 Å². The van der Waals surface area contributed by atoms with Crippen LogP contribution in [0.25, 0.3) is 5.57 Å². The van der Waals surface area contributed by atoms with Gasteiger partial charge in [0.05, 0.1) is 5.54 Å². The van der Waals surface area contributed by atoms with Crippen LogP contribution >= 0.6 is 0 Å². The molecule has 1 heteroatoms. The Morgan fingerprint density at radius 2 is 1.62 bits per heavy atom. The Morgan fingerprint density at radius 1 is 1.06 bits per heavy atom. The largest absolute Gasteiger partial charge is 0.366 e. The molecule has 0 unspecified atom stereocenters. The Balaban J connectivity index is 0.000000606. The van der Waals surface area contributed by atoms with Gasteiger partial charge in [-0.2, -0.15) is 0 Å². The Morgan fingerprint density at radius 3 is 2.25 bits per heavy atom. The third-order valence-electron chi connectivity index (χ3n) is 3.12. The van der Waals surface area contributed by atoms with Crippen LogP contribution in [0.2, 0.25) is 0 Å². The van der Waals surface area contributed by atoms with Crippen LogP contribution in [0.3, 0.4) is 0 Å². The summed E-state index contributed by atoms with van der Waals surface area (Å²) in [6.07, 6.45) is 2.33. The van der Waals surface area contributed by atoms with Gasteiger partial charge < -0.3 is 4.90 Å². The molecule has 0 spiro atoms. The lowest BCUT2D eigenvalue weighted by atomic mass is 9.89. The summed E-state index contributed by atoms with van der Waals surface area (Å²) < 4.78 is 0. The van der Waals surface area contributed by atoms with Gasteiger partial charge in [0.15, 0.2) is 0 Å². The van der Waals surface area contributed by atoms with E-state index in [0.29, 0.717) is 0 Å². The van der Waals surface area contributed by atoms with Crippen LogP contribution in [0.5, 0.6) is 0 Å². The van der Waals surface area contributed by atoms with E-state index in [2.05, 4.69) is 63.1 Å². The monoisotopic (exact) mass is 217 g/mol. The van der Waals surface area contributed by atoms with Crippen molar-refractivity contribution in [3.63, 3.8) is 0 Å². The summed E-state index contributed by atoms with van der Waals surface area (Å²) in [6.45, 7) is 10.7. The molecule has 1 aliphatic rings. The summed E-state index contributed by atoms with van der Waals surface area (Å²) in [5.74, 6) is 0. The van der Waals surface area contributed by atoms with Crippen LogP contribution in [-0.2, 0) is 0 Å². The van der Waals surface area contributed by atoms with Crippen molar-refractivity contribution in [3.05, 3.63) is 35.9 Å². The molecule has 0 amide bonds. The molecule has 0 aromatic heterocycles. The van der Waals surface area contributed by atoms with Gasteiger partial charge >= 0.3 is 0 Å². The zero-order valence-electron chi connectivity index (χ0n) is 11.3. The van der Waals surface area contributed by atoms with E-state index in [1.165, 1.54) is 16.8 Å². The number of fused-ring (bicyclic) bond motifs is 1. The molecule has 0 aliphatic carbocycles. The molecule has 1 aromatic carbocycles. The Labute approximate surface area is 99.8 Å². The number of allylic oxidation sites excluding steroid dienone is 1. The van der Waals surface area contributed by atoms with E-state index in [9.17, 15) is 0 Å². The summed E-state index contributed by atoms with van der Waals surface area (Å²) in [4.78, 5) is 2.33. The van der Waals surface area contributed by atoms with E-state index in [1.54, 1.807) is 0 Å². The Kier molecular flexibility index (Phi) is 3.79. The van der Waals surface area contributed by atoms with Crippen LogP contribution in [0, 0.1) is 0 Å². The number of anilines is 1. The average molecular weight is 217 g/mol. The predicted molar refractivity (Wildman–Crippen MR) is 73.9 cm³/mol. The van der Waals surface area contributed by atoms with Gasteiger partial charge in [-0.25, -0.2) is 0 Å². The van der Waals surface area contributed by atoms with Crippen molar-refractivity contribution in [2.24, 2.45) is 0 Å². The fourth-order valence-electron chi connectivity index (χ4n) is 2.11. The lowest BCUT2D eigenvalue weighted by molar-refractivity contribution is 0.598. The third kappa shape index (κ3) is 2.13. The van der Waals surface area contributed by atoms with Gasteiger partial charge in [0.25, 0.3) is 0 Å². The van der Waals surface area contributed by atoms with Gasteiger partial charge in [-0.05, 0) is 32.4 Å². The quantitative estimate of drug-likeness (QED) is 0.624. The van der Waals surface area contributed by atoms with Gasteiger partial charge in [0.1, 0.15) is 0 Å². The number of nitrogens with zero attached hydrogens (tertiary/aromatic N) is 1.